The number of sulfonamides is 1. The summed E-state index contributed by atoms with van der Waals surface area (Å²) in [6, 6.07) is 5.54. The van der Waals surface area contributed by atoms with Gasteiger partial charge in [0.2, 0.25) is 21.8 Å². The second-order valence-electron chi connectivity index (χ2n) is 9.22. The first-order chi connectivity index (χ1) is 15.4. The van der Waals surface area contributed by atoms with Crippen molar-refractivity contribution in [3.63, 3.8) is 0 Å². The Morgan fingerprint density at radius 1 is 1.06 bits per heavy atom. The summed E-state index contributed by atoms with van der Waals surface area (Å²) in [4.78, 5) is 25.1. The second kappa shape index (κ2) is 10.5. The van der Waals surface area contributed by atoms with E-state index in [1.807, 2.05) is 6.92 Å². The van der Waals surface area contributed by atoms with Crippen molar-refractivity contribution in [2.75, 3.05) is 18.1 Å². The van der Waals surface area contributed by atoms with Gasteiger partial charge in [-0.1, -0.05) is 17.7 Å². The molecule has 0 radical (unpaired) electrons. The number of carbonyl (C=O) groups excluding carboxylic acids is 2. The van der Waals surface area contributed by atoms with Gasteiger partial charge in [0.1, 0.15) is 6.04 Å². The number of nitrogens with one attached hydrogen (secondary N) is 3. The second-order valence-corrected chi connectivity index (χ2v) is 13.2. The lowest BCUT2D eigenvalue weighted by Crippen LogP contribution is -2.50. The van der Waals surface area contributed by atoms with Gasteiger partial charge in [0.05, 0.1) is 16.4 Å². The minimum absolute atomic E-state index is 0.0584. The summed E-state index contributed by atoms with van der Waals surface area (Å²) >= 11 is 0. The maximum Gasteiger partial charge on any atom is 0.242 e. The Morgan fingerprint density at radius 3 is 2.27 bits per heavy atom. The molecular formula is C22H33N3O6S2. The van der Waals surface area contributed by atoms with Gasteiger partial charge in [0, 0.05) is 18.5 Å². The zero-order valence-corrected chi connectivity index (χ0v) is 20.7. The minimum atomic E-state index is -3.56. The van der Waals surface area contributed by atoms with Crippen molar-refractivity contribution in [2.24, 2.45) is 11.8 Å². The largest absolute Gasteiger partial charge is 0.351 e. The standard InChI is InChI=1S/C22H33N3O6S2/c1-15-3-9-20(10-4-15)33(30,31)23-13-17-5-7-18(8-6-17)22(27)24-16(2)21(26)25-19-11-12-32(28,29)14-19/h3-4,9-10,16-19,23H,5-8,11-14H2,1-2H3,(H,24,27)(H,25,26)/t16-,17?,18?,19-/m1/s1. The van der Waals surface area contributed by atoms with E-state index in [4.69, 9.17) is 0 Å². The summed E-state index contributed by atoms with van der Waals surface area (Å²) in [5, 5.41) is 5.43. The molecule has 2 aliphatic rings. The van der Waals surface area contributed by atoms with E-state index in [0.717, 1.165) is 18.4 Å². The van der Waals surface area contributed by atoms with E-state index in [-0.39, 0.29) is 40.1 Å². The van der Waals surface area contributed by atoms with E-state index in [1.54, 1.807) is 31.2 Å². The third-order valence-corrected chi connectivity index (χ3v) is 9.65. The molecule has 2 amide bonds. The number of aryl methyl sites for hydroxylation is 1. The van der Waals surface area contributed by atoms with Gasteiger partial charge in [0.15, 0.2) is 9.84 Å². The van der Waals surface area contributed by atoms with E-state index in [2.05, 4.69) is 15.4 Å². The molecule has 33 heavy (non-hydrogen) atoms. The fraction of sp³-hybridized carbons (Fsp3) is 0.636. The van der Waals surface area contributed by atoms with Crippen LogP contribution in [0.5, 0.6) is 0 Å². The van der Waals surface area contributed by atoms with Crippen LogP contribution in [0.1, 0.15) is 44.6 Å². The van der Waals surface area contributed by atoms with Crippen LogP contribution in [0, 0.1) is 18.8 Å². The number of amides is 2. The zero-order chi connectivity index (χ0) is 24.2. The number of benzene rings is 1. The average molecular weight is 500 g/mol. The Bertz CT molecular complexity index is 1060. The van der Waals surface area contributed by atoms with Gasteiger partial charge < -0.3 is 10.6 Å². The monoisotopic (exact) mass is 499 g/mol. The van der Waals surface area contributed by atoms with Crippen LogP contribution in [0.25, 0.3) is 0 Å². The summed E-state index contributed by atoms with van der Waals surface area (Å²) in [5.41, 5.74) is 0.990. The highest BCUT2D eigenvalue weighted by Crippen LogP contribution is 2.29. The van der Waals surface area contributed by atoms with Crippen LogP contribution in [0.3, 0.4) is 0 Å². The van der Waals surface area contributed by atoms with Crippen molar-refractivity contribution in [3.8, 4) is 0 Å². The predicted molar refractivity (Wildman–Crippen MR) is 125 cm³/mol. The molecule has 0 aromatic heterocycles. The molecule has 0 unspecified atom stereocenters. The molecule has 1 aromatic carbocycles. The highest BCUT2D eigenvalue weighted by Gasteiger charge is 2.32. The first kappa shape index (κ1) is 25.6. The van der Waals surface area contributed by atoms with Gasteiger partial charge >= 0.3 is 0 Å². The molecule has 1 saturated heterocycles. The lowest BCUT2D eigenvalue weighted by atomic mass is 9.81. The fourth-order valence-electron chi connectivity index (χ4n) is 4.29. The Kier molecular flexibility index (Phi) is 8.17. The van der Waals surface area contributed by atoms with Crippen LogP contribution in [-0.4, -0.2) is 58.8 Å². The number of rotatable bonds is 8. The topological polar surface area (TPSA) is 139 Å². The van der Waals surface area contributed by atoms with Gasteiger partial charge in [-0.15, -0.1) is 0 Å². The Labute approximate surface area is 196 Å². The quantitative estimate of drug-likeness (QED) is 0.486. The van der Waals surface area contributed by atoms with Crippen molar-refractivity contribution in [1.29, 1.82) is 0 Å². The van der Waals surface area contributed by atoms with Gasteiger partial charge in [-0.05, 0) is 64.0 Å². The summed E-state index contributed by atoms with van der Waals surface area (Å²) in [5.74, 6) is -0.642. The molecule has 0 spiro atoms. The first-order valence-corrected chi connectivity index (χ1v) is 14.6. The maximum absolute atomic E-state index is 12.6. The third kappa shape index (κ3) is 7.25. The van der Waals surface area contributed by atoms with Crippen LogP contribution >= 0.6 is 0 Å². The van der Waals surface area contributed by atoms with Gasteiger partial charge in [0.25, 0.3) is 0 Å². The number of hydrogen-bond acceptors (Lipinski definition) is 6. The zero-order valence-electron chi connectivity index (χ0n) is 19.0. The SMILES string of the molecule is Cc1ccc(S(=O)(=O)NCC2CCC(C(=O)N[C@H](C)C(=O)N[C@@H]3CCS(=O)(=O)C3)CC2)cc1. The maximum atomic E-state index is 12.6. The van der Waals surface area contributed by atoms with Crippen LogP contribution < -0.4 is 15.4 Å². The van der Waals surface area contributed by atoms with Crippen molar-refractivity contribution >= 4 is 31.7 Å². The molecule has 1 aromatic rings. The molecule has 9 nitrogen and oxygen atoms in total. The Morgan fingerprint density at radius 2 is 1.70 bits per heavy atom. The van der Waals surface area contributed by atoms with Crippen molar-refractivity contribution < 1.29 is 26.4 Å². The Hall–Kier alpha value is -1.98. The van der Waals surface area contributed by atoms with E-state index >= 15 is 0 Å². The first-order valence-electron chi connectivity index (χ1n) is 11.3. The van der Waals surface area contributed by atoms with Gasteiger partial charge in [-0.2, -0.15) is 0 Å². The highest BCUT2D eigenvalue weighted by molar-refractivity contribution is 7.91. The summed E-state index contributed by atoms with van der Waals surface area (Å²) in [6.45, 7) is 3.81. The van der Waals surface area contributed by atoms with Crippen molar-refractivity contribution in [2.45, 2.75) is 62.9 Å². The molecule has 11 heteroatoms. The molecule has 2 fully saturated rings. The molecule has 1 aliphatic heterocycles. The molecule has 3 N–H and O–H groups in total. The summed E-state index contributed by atoms with van der Waals surface area (Å²) in [7, 11) is -6.65. The van der Waals surface area contributed by atoms with Crippen molar-refractivity contribution in [1.82, 2.24) is 15.4 Å². The lowest BCUT2D eigenvalue weighted by Gasteiger charge is -2.28. The highest BCUT2D eigenvalue weighted by atomic mass is 32.2. The molecule has 1 aliphatic carbocycles. The molecule has 3 rings (SSSR count). The van der Waals surface area contributed by atoms with E-state index in [9.17, 15) is 26.4 Å². The normalized spacial score (nSPS) is 25.8. The molecule has 0 bridgehead atoms. The predicted octanol–water partition coefficient (Wildman–Crippen LogP) is 0.888. The number of sulfone groups is 1. The van der Waals surface area contributed by atoms with E-state index < -0.39 is 31.9 Å². The average Bonchev–Trinajstić information content (AvgIpc) is 3.11. The minimum Gasteiger partial charge on any atom is -0.351 e. The fourth-order valence-corrected chi connectivity index (χ4v) is 7.08. The van der Waals surface area contributed by atoms with Crippen LogP contribution in [0.4, 0.5) is 0 Å². The molecule has 184 valence electrons. The van der Waals surface area contributed by atoms with E-state index in [1.165, 1.54) is 0 Å². The molecule has 2 atom stereocenters. The lowest BCUT2D eigenvalue weighted by molar-refractivity contribution is -0.131. The third-order valence-electron chi connectivity index (χ3n) is 6.44. The number of carbonyl (C=O) groups is 2. The summed E-state index contributed by atoms with van der Waals surface area (Å²) in [6.07, 6.45) is 3.08. The van der Waals surface area contributed by atoms with Gasteiger partial charge in [-0.3, -0.25) is 9.59 Å². The Balaban J connectivity index is 1.40. The van der Waals surface area contributed by atoms with Crippen LogP contribution in [0.15, 0.2) is 29.2 Å². The van der Waals surface area contributed by atoms with E-state index in [0.29, 0.717) is 25.8 Å². The van der Waals surface area contributed by atoms with Crippen molar-refractivity contribution in [3.05, 3.63) is 29.8 Å². The molecule has 1 heterocycles. The van der Waals surface area contributed by atoms with Gasteiger partial charge in [-0.25, -0.2) is 21.6 Å². The summed E-state index contributed by atoms with van der Waals surface area (Å²) < 4.78 is 50.6. The number of hydrogen-bond donors (Lipinski definition) is 3. The smallest absolute Gasteiger partial charge is 0.242 e. The van der Waals surface area contributed by atoms with Crippen LogP contribution in [-0.2, 0) is 29.4 Å². The molecular weight excluding hydrogens is 466 g/mol. The molecule has 1 saturated carbocycles. The van der Waals surface area contributed by atoms with Crippen LogP contribution in [0.2, 0.25) is 0 Å².